The predicted octanol–water partition coefficient (Wildman–Crippen LogP) is 2.09. The molecule has 0 saturated carbocycles. The van der Waals surface area contributed by atoms with Crippen LogP contribution in [0.4, 0.5) is 0 Å². The van der Waals surface area contributed by atoms with Gasteiger partial charge in [0.15, 0.2) is 5.58 Å². The van der Waals surface area contributed by atoms with Crippen LogP contribution >= 0.6 is 0 Å². The van der Waals surface area contributed by atoms with E-state index < -0.39 is 15.8 Å². The van der Waals surface area contributed by atoms with E-state index in [-0.39, 0.29) is 12.3 Å². The molecule has 3 aromatic rings. The van der Waals surface area contributed by atoms with Gasteiger partial charge in [0.05, 0.1) is 11.3 Å². The summed E-state index contributed by atoms with van der Waals surface area (Å²) < 4.78 is 31.8. The van der Waals surface area contributed by atoms with E-state index in [0.717, 1.165) is 16.7 Å². The molecule has 0 aliphatic heterocycles. The Kier molecular flexibility index (Phi) is 4.55. The minimum Gasteiger partial charge on any atom is -0.408 e. The van der Waals surface area contributed by atoms with Gasteiger partial charge in [-0.15, -0.1) is 0 Å². The van der Waals surface area contributed by atoms with Crippen LogP contribution in [0.15, 0.2) is 51.7 Å². The van der Waals surface area contributed by atoms with Crippen molar-refractivity contribution in [2.45, 2.75) is 19.1 Å². The van der Waals surface area contributed by atoms with Crippen LogP contribution in [-0.4, -0.2) is 19.9 Å². The molecule has 3 rings (SSSR count). The maximum Gasteiger partial charge on any atom is 0.417 e. The molecule has 0 amide bonds. The topological polar surface area (TPSA) is 92.2 Å². The smallest absolute Gasteiger partial charge is 0.408 e. The number of aromatic amines is 1. The first kappa shape index (κ1) is 16.5. The third-order valence-corrected chi connectivity index (χ3v) is 5.06. The van der Waals surface area contributed by atoms with E-state index >= 15 is 0 Å². The molecule has 2 N–H and O–H groups in total. The third-order valence-electron chi connectivity index (χ3n) is 3.70. The summed E-state index contributed by atoms with van der Waals surface area (Å²) in [6.45, 7) is 2.24. The molecule has 0 atom stereocenters. The van der Waals surface area contributed by atoms with Gasteiger partial charge in [-0.25, -0.2) is 17.9 Å². The lowest BCUT2D eigenvalue weighted by molar-refractivity contribution is 0.555. The molecule has 1 aromatic heterocycles. The van der Waals surface area contributed by atoms with Crippen molar-refractivity contribution >= 4 is 21.1 Å². The molecular weight excluding hydrogens is 328 g/mol. The molecule has 0 aliphatic rings. The second kappa shape index (κ2) is 6.62. The van der Waals surface area contributed by atoms with Gasteiger partial charge in [0.25, 0.3) is 0 Å². The average Bonchev–Trinajstić information content (AvgIpc) is 2.88. The Bertz CT molecular complexity index is 1000. The van der Waals surface area contributed by atoms with Crippen LogP contribution in [0.2, 0.25) is 0 Å². The molecule has 1 heterocycles. The van der Waals surface area contributed by atoms with Crippen LogP contribution in [-0.2, 0) is 22.2 Å². The van der Waals surface area contributed by atoms with Gasteiger partial charge in [-0.05, 0) is 36.6 Å². The van der Waals surface area contributed by atoms with Crippen molar-refractivity contribution in [2.75, 3.05) is 6.54 Å². The summed E-state index contributed by atoms with van der Waals surface area (Å²) >= 11 is 0. The van der Waals surface area contributed by atoms with Gasteiger partial charge in [0, 0.05) is 6.54 Å². The number of aryl methyl sites for hydroxylation is 1. The number of nitrogens with one attached hydrogen (secondary N) is 2. The van der Waals surface area contributed by atoms with Crippen molar-refractivity contribution in [1.29, 1.82) is 0 Å². The van der Waals surface area contributed by atoms with Crippen molar-refractivity contribution in [2.24, 2.45) is 0 Å². The van der Waals surface area contributed by atoms with Crippen LogP contribution in [0.1, 0.15) is 16.7 Å². The molecule has 6 nitrogen and oxygen atoms in total. The molecule has 0 bridgehead atoms. The number of benzene rings is 2. The SMILES string of the molecule is Cc1ccc(CS(=O)(=O)NCCc2ccc3[nH]c(=O)oc3c2)cc1. The van der Waals surface area contributed by atoms with Gasteiger partial charge in [-0.2, -0.15) is 0 Å². The van der Waals surface area contributed by atoms with E-state index in [0.29, 0.717) is 17.5 Å². The summed E-state index contributed by atoms with van der Waals surface area (Å²) in [5.41, 5.74) is 3.84. The fourth-order valence-corrected chi connectivity index (χ4v) is 3.60. The number of oxazole rings is 1. The van der Waals surface area contributed by atoms with Crippen molar-refractivity contribution < 1.29 is 12.8 Å². The molecule has 0 unspecified atom stereocenters. The fraction of sp³-hybridized carbons (Fsp3) is 0.235. The Morgan fingerprint density at radius 2 is 1.79 bits per heavy atom. The van der Waals surface area contributed by atoms with Gasteiger partial charge >= 0.3 is 5.76 Å². The van der Waals surface area contributed by atoms with E-state index in [4.69, 9.17) is 4.42 Å². The number of sulfonamides is 1. The summed E-state index contributed by atoms with van der Waals surface area (Å²) in [6, 6.07) is 12.7. The number of rotatable bonds is 6. The predicted molar refractivity (Wildman–Crippen MR) is 92.3 cm³/mol. The van der Waals surface area contributed by atoms with E-state index in [2.05, 4.69) is 9.71 Å². The molecule has 24 heavy (non-hydrogen) atoms. The number of aromatic nitrogens is 1. The van der Waals surface area contributed by atoms with Crippen LogP contribution < -0.4 is 10.5 Å². The van der Waals surface area contributed by atoms with Gasteiger partial charge in [0.2, 0.25) is 10.0 Å². The molecule has 2 aromatic carbocycles. The number of H-pyrrole nitrogens is 1. The molecule has 0 radical (unpaired) electrons. The second-order valence-corrected chi connectivity index (χ2v) is 7.54. The molecule has 7 heteroatoms. The molecule has 0 spiro atoms. The van der Waals surface area contributed by atoms with E-state index in [1.165, 1.54) is 0 Å². The average molecular weight is 346 g/mol. The first-order valence-corrected chi connectivity index (χ1v) is 9.21. The maximum absolute atomic E-state index is 12.1. The lowest BCUT2D eigenvalue weighted by atomic mass is 10.1. The quantitative estimate of drug-likeness (QED) is 0.715. The lowest BCUT2D eigenvalue weighted by Crippen LogP contribution is -2.27. The van der Waals surface area contributed by atoms with Crippen LogP contribution in [0, 0.1) is 6.92 Å². The van der Waals surface area contributed by atoms with E-state index in [9.17, 15) is 13.2 Å². The first-order valence-electron chi connectivity index (χ1n) is 7.56. The van der Waals surface area contributed by atoms with Gasteiger partial charge < -0.3 is 4.42 Å². The zero-order valence-corrected chi connectivity index (χ0v) is 14.0. The van der Waals surface area contributed by atoms with Crippen LogP contribution in [0.5, 0.6) is 0 Å². The Hall–Kier alpha value is -2.38. The third kappa shape index (κ3) is 4.12. The van der Waals surface area contributed by atoms with E-state index in [1.54, 1.807) is 12.1 Å². The highest BCUT2D eigenvalue weighted by molar-refractivity contribution is 7.88. The molecule has 0 saturated heterocycles. The van der Waals surface area contributed by atoms with E-state index in [1.807, 2.05) is 37.3 Å². The van der Waals surface area contributed by atoms with Crippen molar-refractivity contribution in [3.05, 3.63) is 69.7 Å². The lowest BCUT2D eigenvalue weighted by Gasteiger charge is -2.07. The molecule has 0 fully saturated rings. The first-order chi connectivity index (χ1) is 11.4. The minimum absolute atomic E-state index is 0.0427. The number of hydrogen-bond donors (Lipinski definition) is 2. The number of fused-ring (bicyclic) bond motifs is 1. The zero-order valence-electron chi connectivity index (χ0n) is 13.2. The Labute approximate surface area is 139 Å². The maximum atomic E-state index is 12.1. The fourth-order valence-electron chi connectivity index (χ4n) is 2.45. The summed E-state index contributed by atoms with van der Waals surface area (Å²) in [6.07, 6.45) is 0.512. The second-order valence-electron chi connectivity index (χ2n) is 5.73. The van der Waals surface area contributed by atoms with Gasteiger partial charge in [0.1, 0.15) is 0 Å². The standard InChI is InChI=1S/C17H18N2O4S/c1-12-2-4-14(5-3-12)11-24(21,22)18-9-8-13-6-7-15-16(10-13)23-17(20)19-15/h2-7,10,18H,8-9,11H2,1H3,(H,19,20). The monoisotopic (exact) mass is 346 g/mol. The minimum atomic E-state index is -3.39. The summed E-state index contributed by atoms with van der Waals surface area (Å²) in [7, 11) is -3.39. The largest absolute Gasteiger partial charge is 0.417 e. The summed E-state index contributed by atoms with van der Waals surface area (Å²) in [5, 5.41) is 0. The zero-order chi connectivity index (χ0) is 17.2. The van der Waals surface area contributed by atoms with Crippen molar-refractivity contribution in [3.63, 3.8) is 0 Å². The molecular formula is C17H18N2O4S. The van der Waals surface area contributed by atoms with Gasteiger partial charge in [-0.3, -0.25) is 4.98 Å². The highest BCUT2D eigenvalue weighted by Crippen LogP contribution is 2.13. The van der Waals surface area contributed by atoms with Crippen molar-refractivity contribution in [1.82, 2.24) is 9.71 Å². The highest BCUT2D eigenvalue weighted by Gasteiger charge is 2.11. The van der Waals surface area contributed by atoms with Crippen molar-refractivity contribution in [3.8, 4) is 0 Å². The van der Waals surface area contributed by atoms with Crippen LogP contribution in [0.3, 0.4) is 0 Å². The Morgan fingerprint density at radius 3 is 2.54 bits per heavy atom. The summed E-state index contributed by atoms with van der Waals surface area (Å²) in [5.74, 6) is -0.542. The van der Waals surface area contributed by atoms with Crippen LogP contribution in [0.25, 0.3) is 11.1 Å². The molecule has 0 aliphatic carbocycles. The number of hydrogen-bond acceptors (Lipinski definition) is 4. The Balaban J connectivity index is 1.59. The normalized spacial score (nSPS) is 11.9. The Morgan fingerprint density at radius 1 is 1.08 bits per heavy atom. The summed E-state index contributed by atoms with van der Waals surface area (Å²) in [4.78, 5) is 13.7. The highest BCUT2D eigenvalue weighted by atomic mass is 32.2. The molecule has 126 valence electrons. The van der Waals surface area contributed by atoms with Gasteiger partial charge in [-0.1, -0.05) is 35.9 Å².